The Kier molecular flexibility index (Phi) is 46.4. The van der Waals surface area contributed by atoms with Crippen LogP contribution in [0.2, 0.25) is 0 Å². The van der Waals surface area contributed by atoms with Gasteiger partial charge in [-0.2, -0.15) is 0 Å². The fourth-order valence-electron chi connectivity index (χ4n) is 7.25. The van der Waals surface area contributed by atoms with E-state index in [9.17, 15) is 9.59 Å². The van der Waals surface area contributed by atoms with Crippen molar-refractivity contribution in [2.45, 2.75) is 271 Å². The quantitative estimate of drug-likeness (QED) is 0.0349. The summed E-state index contributed by atoms with van der Waals surface area (Å²) >= 11 is 0. The Morgan fingerprint density at radius 3 is 1.21 bits per heavy atom. The minimum atomic E-state index is -0.527. The number of allylic oxidation sites excluding steroid dienone is 4. The van der Waals surface area contributed by atoms with Gasteiger partial charge in [0.15, 0.2) is 6.10 Å². The molecule has 0 saturated carbocycles. The molecule has 0 spiro atoms. The highest BCUT2D eigenvalue weighted by Crippen LogP contribution is 2.15. The van der Waals surface area contributed by atoms with Gasteiger partial charge in [0.2, 0.25) is 0 Å². The lowest BCUT2D eigenvalue weighted by Crippen LogP contribution is -2.30. The van der Waals surface area contributed by atoms with E-state index in [4.69, 9.17) is 14.2 Å². The lowest BCUT2D eigenvalue weighted by atomic mass is 10.0. The molecule has 0 aromatic rings. The second kappa shape index (κ2) is 47.8. The monoisotopic (exact) mass is 789 g/mol. The van der Waals surface area contributed by atoms with E-state index in [1.165, 1.54) is 186 Å². The standard InChI is InChI=1S/C51H96O5/c1-4-7-10-13-16-18-20-22-23-24-25-26-27-28-30-32-34-37-40-43-46-54-47-49(56-51(53)45-42-39-35-15-12-9-6-3)48-55-50(52)44-41-38-36-33-31-29-21-19-17-14-11-8-5-2/h16,18,22-23,49H,4-15,17,19-21,24-48H2,1-3H3/b18-16-,23-22-. The topological polar surface area (TPSA) is 61.8 Å². The maximum atomic E-state index is 12.6. The number of unbranched alkanes of at least 4 members (excludes halogenated alkanes) is 31. The first kappa shape index (κ1) is 54.4. The Bertz CT molecular complexity index is 851. The van der Waals surface area contributed by atoms with E-state index >= 15 is 0 Å². The minimum absolute atomic E-state index is 0.0909. The van der Waals surface area contributed by atoms with Crippen LogP contribution in [0, 0.1) is 0 Å². The van der Waals surface area contributed by atoms with Gasteiger partial charge in [0, 0.05) is 19.4 Å². The summed E-state index contributed by atoms with van der Waals surface area (Å²) < 4.78 is 17.3. The van der Waals surface area contributed by atoms with Gasteiger partial charge >= 0.3 is 11.9 Å². The fraction of sp³-hybridized carbons (Fsp3) is 0.882. The SMILES string of the molecule is CCCCC/C=C\C/C=C\CCCCCCCCCCCCOCC(COC(=O)CCCCCCCCCCCCCCC)OC(=O)CCCCCCCCC. The van der Waals surface area contributed by atoms with Gasteiger partial charge in [-0.3, -0.25) is 9.59 Å². The molecule has 0 saturated heterocycles. The van der Waals surface area contributed by atoms with Gasteiger partial charge in [-0.05, 0) is 51.4 Å². The molecule has 5 nitrogen and oxygen atoms in total. The summed E-state index contributed by atoms with van der Waals surface area (Å²) in [5.41, 5.74) is 0. The third-order valence-corrected chi connectivity index (χ3v) is 11.0. The van der Waals surface area contributed by atoms with Crippen molar-refractivity contribution in [1.82, 2.24) is 0 Å². The molecular formula is C51H96O5. The van der Waals surface area contributed by atoms with Crippen LogP contribution in [0.3, 0.4) is 0 Å². The number of carbonyl (C=O) groups excluding carboxylic acids is 2. The Labute approximate surface area is 349 Å². The molecule has 5 heteroatoms. The summed E-state index contributed by atoms with van der Waals surface area (Å²) in [4.78, 5) is 25.2. The summed E-state index contributed by atoms with van der Waals surface area (Å²) in [6, 6.07) is 0. The van der Waals surface area contributed by atoms with Gasteiger partial charge in [0.25, 0.3) is 0 Å². The van der Waals surface area contributed by atoms with Crippen molar-refractivity contribution in [1.29, 1.82) is 0 Å². The average Bonchev–Trinajstić information content (AvgIpc) is 3.20. The average molecular weight is 789 g/mol. The van der Waals surface area contributed by atoms with Crippen molar-refractivity contribution < 1.29 is 23.8 Å². The second-order valence-electron chi connectivity index (χ2n) is 16.7. The Balaban J connectivity index is 4.06. The van der Waals surface area contributed by atoms with Crippen LogP contribution in [-0.2, 0) is 23.8 Å². The number of ether oxygens (including phenoxy) is 3. The zero-order valence-electron chi connectivity index (χ0n) is 37.9. The predicted molar refractivity (Wildman–Crippen MR) is 242 cm³/mol. The summed E-state index contributed by atoms with van der Waals surface area (Å²) in [6.07, 6.45) is 54.8. The molecule has 0 aromatic carbocycles. The molecule has 330 valence electrons. The first-order valence-electron chi connectivity index (χ1n) is 24.9. The van der Waals surface area contributed by atoms with Crippen LogP contribution in [0.4, 0.5) is 0 Å². The molecule has 0 rings (SSSR count). The number of esters is 2. The van der Waals surface area contributed by atoms with Crippen molar-refractivity contribution >= 4 is 11.9 Å². The Morgan fingerprint density at radius 2 is 0.750 bits per heavy atom. The zero-order valence-corrected chi connectivity index (χ0v) is 37.9. The normalized spacial score (nSPS) is 12.3. The van der Waals surface area contributed by atoms with Gasteiger partial charge in [-0.15, -0.1) is 0 Å². The molecule has 0 N–H and O–H groups in total. The zero-order chi connectivity index (χ0) is 40.7. The molecule has 0 aliphatic rings. The molecule has 0 aromatic heterocycles. The van der Waals surface area contributed by atoms with Crippen LogP contribution in [0.25, 0.3) is 0 Å². The maximum absolute atomic E-state index is 12.6. The van der Waals surface area contributed by atoms with Gasteiger partial charge in [-0.1, -0.05) is 225 Å². The van der Waals surface area contributed by atoms with Crippen molar-refractivity contribution in [2.24, 2.45) is 0 Å². The summed E-state index contributed by atoms with van der Waals surface area (Å²) in [6.45, 7) is 7.80. The van der Waals surface area contributed by atoms with E-state index in [1.807, 2.05) is 0 Å². The largest absolute Gasteiger partial charge is 0.462 e. The van der Waals surface area contributed by atoms with Crippen LogP contribution >= 0.6 is 0 Å². The molecule has 0 aliphatic heterocycles. The summed E-state index contributed by atoms with van der Waals surface area (Å²) in [7, 11) is 0. The molecule has 0 radical (unpaired) electrons. The lowest BCUT2D eigenvalue weighted by molar-refractivity contribution is -0.163. The summed E-state index contributed by atoms with van der Waals surface area (Å²) in [5.74, 6) is -0.390. The Morgan fingerprint density at radius 1 is 0.393 bits per heavy atom. The molecule has 0 heterocycles. The summed E-state index contributed by atoms with van der Waals surface area (Å²) in [5, 5.41) is 0. The van der Waals surface area contributed by atoms with E-state index < -0.39 is 6.10 Å². The van der Waals surface area contributed by atoms with Crippen molar-refractivity contribution in [3.8, 4) is 0 Å². The van der Waals surface area contributed by atoms with Crippen LogP contribution in [0.15, 0.2) is 24.3 Å². The van der Waals surface area contributed by atoms with E-state index in [0.29, 0.717) is 26.1 Å². The molecule has 56 heavy (non-hydrogen) atoms. The molecule has 0 fully saturated rings. The third kappa shape index (κ3) is 45.1. The van der Waals surface area contributed by atoms with Gasteiger partial charge in [0.05, 0.1) is 6.61 Å². The van der Waals surface area contributed by atoms with Crippen LogP contribution in [0.1, 0.15) is 265 Å². The maximum Gasteiger partial charge on any atom is 0.306 e. The molecule has 0 bridgehead atoms. The number of hydrogen-bond acceptors (Lipinski definition) is 5. The number of rotatable bonds is 46. The van der Waals surface area contributed by atoms with Crippen molar-refractivity contribution in [3.05, 3.63) is 24.3 Å². The molecule has 1 unspecified atom stereocenters. The van der Waals surface area contributed by atoms with E-state index in [0.717, 1.165) is 44.9 Å². The highest BCUT2D eigenvalue weighted by Gasteiger charge is 2.17. The first-order chi connectivity index (χ1) is 27.6. The first-order valence-corrected chi connectivity index (χ1v) is 24.9. The predicted octanol–water partition coefficient (Wildman–Crippen LogP) is 16.5. The number of carbonyl (C=O) groups is 2. The fourth-order valence-corrected chi connectivity index (χ4v) is 7.25. The van der Waals surface area contributed by atoms with Crippen LogP contribution < -0.4 is 0 Å². The molecule has 0 aliphatic carbocycles. The highest BCUT2D eigenvalue weighted by atomic mass is 16.6. The lowest BCUT2D eigenvalue weighted by Gasteiger charge is -2.18. The highest BCUT2D eigenvalue weighted by molar-refractivity contribution is 5.70. The minimum Gasteiger partial charge on any atom is -0.462 e. The molecular weight excluding hydrogens is 693 g/mol. The van der Waals surface area contributed by atoms with Gasteiger partial charge < -0.3 is 14.2 Å². The van der Waals surface area contributed by atoms with E-state index in [1.54, 1.807) is 0 Å². The van der Waals surface area contributed by atoms with Crippen LogP contribution in [0.5, 0.6) is 0 Å². The second-order valence-corrected chi connectivity index (χ2v) is 16.7. The Hall–Kier alpha value is -1.62. The number of hydrogen-bond donors (Lipinski definition) is 0. The van der Waals surface area contributed by atoms with Crippen LogP contribution in [-0.4, -0.2) is 37.9 Å². The van der Waals surface area contributed by atoms with Gasteiger partial charge in [-0.25, -0.2) is 0 Å². The smallest absolute Gasteiger partial charge is 0.306 e. The van der Waals surface area contributed by atoms with Crippen molar-refractivity contribution in [2.75, 3.05) is 19.8 Å². The van der Waals surface area contributed by atoms with Crippen molar-refractivity contribution in [3.63, 3.8) is 0 Å². The van der Waals surface area contributed by atoms with E-state index in [2.05, 4.69) is 45.1 Å². The molecule has 1 atom stereocenters. The third-order valence-electron chi connectivity index (χ3n) is 11.0. The molecule has 0 amide bonds. The van der Waals surface area contributed by atoms with E-state index in [-0.39, 0.29) is 18.5 Å². The van der Waals surface area contributed by atoms with Gasteiger partial charge in [0.1, 0.15) is 6.61 Å².